The van der Waals surface area contributed by atoms with Gasteiger partial charge in [0.1, 0.15) is 30.7 Å². The van der Waals surface area contributed by atoms with E-state index in [0.29, 0.717) is 0 Å². The third-order valence-corrected chi connectivity index (χ3v) is 8.41. The van der Waals surface area contributed by atoms with E-state index in [-0.39, 0.29) is 23.6 Å². The highest BCUT2D eigenvalue weighted by Gasteiger charge is 2.54. The molecule has 0 aliphatic carbocycles. The predicted molar refractivity (Wildman–Crippen MR) is 107 cm³/mol. The molecule has 2 aromatic heterocycles. The van der Waals surface area contributed by atoms with Crippen molar-refractivity contribution in [1.82, 2.24) is 19.5 Å². The SMILES string of the molecule is Nc1ncnc2c1ncn2C1CO[C@H](CO[P+](O)(O)OP(=O)(O)OP(=O)(O)O)C1OP(=O)(O)O. The lowest BCUT2D eigenvalue weighted by Gasteiger charge is -2.24. The number of hydrogen-bond acceptors (Lipinski definition) is 14. The Labute approximate surface area is 189 Å². The molecule has 0 spiro atoms. The number of anilines is 1. The van der Waals surface area contributed by atoms with Crippen molar-refractivity contribution >= 4 is 48.6 Å². The summed E-state index contributed by atoms with van der Waals surface area (Å²) >= 11 is 0. The Morgan fingerprint density at radius 2 is 1.79 bits per heavy atom. The van der Waals surface area contributed by atoms with Gasteiger partial charge in [-0.2, -0.15) is 18.6 Å². The van der Waals surface area contributed by atoms with Gasteiger partial charge in [0.05, 0.1) is 19.0 Å². The predicted octanol–water partition coefficient (Wildman–Crippen LogP) is -1.27. The van der Waals surface area contributed by atoms with Crippen LogP contribution >= 0.6 is 31.6 Å². The van der Waals surface area contributed by atoms with Gasteiger partial charge in [-0.05, 0) is 4.31 Å². The van der Waals surface area contributed by atoms with Gasteiger partial charge in [0.25, 0.3) is 0 Å². The van der Waals surface area contributed by atoms with Crippen molar-refractivity contribution in [2.24, 2.45) is 0 Å². The molecule has 1 saturated heterocycles. The van der Waals surface area contributed by atoms with Crippen molar-refractivity contribution in [3.8, 4) is 0 Å². The van der Waals surface area contributed by atoms with Crippen molar-refractivity contribution in [3.63, 3.8) is 0 Å². The monoisotopic (exact) mass is 572 g/mol. The third kappa shape index (κ3) is 7.25. The van der Waals surface area contributed by atoms with Crippen LogP contribution in [0.25, 0.3) is 11.2 Å². The molecule has 0 aromatic carbocycles. The van der Waals surface area contributed by atoms with Gasteiger partial charge in [-0.1, -0.05) is 0 Å². The van der Waals surface area contributed by atoms with E-state index in [1.807, 2.05) is 0 Å². The van der Waals surface area contributed by atoms with Crippen LogP contribution in [0.3, 0.4) is 0 Å². The highest BCUT2D eigenvalue weighted by atomic mass is 31.3. The molecule has 24 heteroatoms. The van der Waals surface area contributed by atoms with Crippen LogP contribution < -0.4 is 5.73 Å². The summed E-state index contributed by atoms with van der Waals surface area (Å²) < 4.78 is 57.0. The maximum Gasteiger partial charge on any atom is 0.580 e. The molecule has 3 rings (SSSR count). The Kier molecular flexibility index (Phi) is 7.95. The van der Waals surface area contributed by atoms with Gasteiger partial charge in [-0.25, -0.2) is 28.6 Å². The van der Waals surface area contributed by atoms with E-state index in [0.717, 1.165) is 6.33 Å². The molecule has 1 aliphatic heterocycles. The van der Waals surface area contributed by atoms with Gasteiger partial charge in [0, 0.05) is 0 Å². The van der Waals surface area contributed by atoms with Crippen molar-refractivity contribution in [2.45, 2.75) is 18.2 Å². The zero-order valence-electron chi connectivity index (χ0n) is 16.4. The second-order valence-corrected chi connectivity index (χ2v) is 12.1. The summed E-state index contributed by atoms with van der Waals surface area (Å²) in [7, 11) is -21.7. The molecule has 1 aliphatic rings. The molecule has 3 heterocycles. The lowest BCUT2D eigenvalue weighted by molar-refractivity contribution is -0.00285. The van der Waals surface area contributed by atoms with E-state index < -0.39 is 56.5 Å². The second kappa shape index (κ2) is 9.80. The van der Waals surface area contributed by atoms with Crippen LogP contribution in [0, 0.1) is 0 Å². The highest BCUT2D eigenvalue weighted by molar-refractivity contribution is 7.68. The summed E-state index contributed by atoms with van der Waals surface area (Å²) in [5, 5.41) is 0. The fourth-order valence-corrected chi connectivity index (χ4v) is 6.59. The largest absolute Gasteiger partial charge is 0.580 e. The number of phosphoric ester groups is 1. The van der Waals surface area contributed by atoms with Crippen molar-refractivity contribution < 1.29 is 70.4 Å². The zero-order valence-corrected chi connectivity index (χ0v) is 19.9. The van der Waals surface area contributed by atoms with E-state index in [9.17, 15) is 38.2 Å². The van der Waals surface area contributed by atoms with Crippen LogP contribution in [0.2, 0.25) is 0 Å². The van der Waals surface area contributed by atoms with Crippen molar-refractivity contribution in [1.29, 1.82) is 0 Å². The molecule has 0 saturated carbocycles. The number of imidazole rings is 1. The Bertz CT molecular complexity index is 1180. The molecule has 1 fully saturated rings. The molecule has 34 heavy (non-hydrogen) atoms. The normalized spacial score (nSPS) is 23.9. The molecule has 0 radical (unpaired) electrons. The van der Waals surface area contributed by atoms with Crippen LogP contribution in [0.15, 0.2) is 12.7 Å². The standard InChI is InChI=1S/C10H17N5O15P4/c11-9-7-10(13-3-12-9)15(4-14-7)5-1-26-6(8(5)28-31(16,17)18)2-27-33(22,23)30-34(24,25)29-32(19,20)21/h3-6,8,22-23H,1-2H2,(H6-,11,12,13,16,17,18,19,20,21,24,25)/p+1/t5?,6-,8?/m1/s1. The average molecular weight is 572 g/mol. The summed E-state index contributed by atoms with van der Waals surface area (Å²) in [6.07, 6.45) is -0.617. The molecule has 192 valence electrons. The Morgan fingerprint density at radius 3 is 2.41 bits per heavy atom. The van der Waals surface area contributed by atoms with Crippen LogP contribution in [0.4, 0.5) is 5.82 Å². The highest BCUT2D eigenvalue weighted by Crippen LogP contribution is 2.69. The number of aromatic nitrogens is 4. The Hall–Kier alpha value is -1.01. The fourth-order valence-electron chi connectivity index (χ4n) is 2.93. The van der Waals surface area contributed by atoms with Crippen LogP contribution in [-0.4, -0.2) is 79.2 Å². The number of nitrogen functional groups attached to an aromatic ring is 1. The van der Waals surface area contributed by atoms with Crippen LogP contribution in [-0.2, 0) is 36.1 Å². The first-order valence-corrected chi connectivity index (χ1v) is 14.6. The van der Waals surface area contributed by atoms with Gasteiger partial charge in [0.2, 0.25) is 0 Å². The number of nitrogens with zero attached hydrogens (tertiary/aromatic N) is 4. The fraction of sp³-hybridized carbons (Fsp3) is 0.500. The molecule has 20 nitrogen and oxygen atoms in total. The minimum Gasteiger partial charge on any atom is -0.382 e. The second-order valence-electron chi connectivity index (χ2n) is 6.49. The summed E-state index contributed by atoms with van der Waals surface area (Å²) in [4.78, 5) is 76.1. The van der Waals surface area contributed by atoms with Gasteiger partial charge < -0.3 is 34.6 Å². The number of ether oxygens (including phenoxy) is 1. The summed E-state index contributed by atoms with van der Waals surface area (Å²) in [6, 6.07) is -1.01. The van der Waals surface area contributed by atoms with E-state index in [4.69, 9.17) is 24.8 Å². The van der Waals surface area contributed by atoms with Crippen LogP contribution in [0.1, 0.15) is 6.04 Å². The third-order valence-electron chi connectivity index (χ3n) is 4.06. The maximum absolute atomic E-state index is 11.5. The number of hydrogen-bond donors (Lipinski definition) is 8. The maximum atomic E-state index is 11.5. The summed E-state index contributed by atoms with van der Waals surface area (Å²) in [5.74, 6) is 0.0215. The lowest BCUT2D eigenvalue weighted by Crippen LogP contribution is -2.34. The Morgan fingerprint density at radius 1 is 1.12 bits per heavy atom. The first kappa shape index (κ1) is 27.6. The number of nitrogens with two attached hydrogens (primary N) is 1. The van der Waals surface area contributed by atoms with E-state index in [1.165, 1.54) is 10.9 Å². The summed E-state index contributed by atoms with van der Waals surface area (Å²) in [5.41, 5.74) is 6.04. The van der Waals surface area contributed by atoms with Crippen molar-refractivity contribution in [3.05, 3.63) is 12.7 Å². The molecule has 2 aromatic rings. The van der Waals surface area contributed by atoms with Gasteiger partial charge >= 0.3 is 31.6 Å². The van der Waals surface area contributed by atoms with Gasteiger partial charge in [0.15, 0.2) is 11.5 Å². The average Bonchev–Trinajstić information content (AvgIpc) is 3.20. The van der Waals surface area contributed by atoms with E-state index in [1.54, 1.807) is 0 Å². The number of phosphoric acid groups is 3. The number of rotatable bonds is 10. The first-order valence-electron chi connectivity index (χ1n) is 8.55. The van der Waals surface area contributed by atoms with Gasteiger partial charge in [-0.3, -0.25) is 9.42 Å². The summed E-state index contributed by atoms with van der Waals surface area (Å²) in [6.45, 7) is -1.22. The topological polar surface area (TPSA) is 309 Å². The molecule has 0 bridgehead atoms. The molecular weight excluding hydrogens is 554 g/mol. The smallest absolute Gasteiger partial charge is 0.382 e. The van der Waals surface area contributed by atoms with Gasteiger partial charge in [-0.15, -0.1) is 0 Å². The minimum absolute atomic E-state index is 0.0215. The lowest BCUT2D eigenvalue weighted by atomic mass is 10.1. The zero-order chi connectivity index (χ0) is 25.5. The minimum atomic E-state index is -5.70. The van der Waals surface area contributed by atoms with E-state index in [2.05, 4.69) is 28.1 Å². The van der Waals surface area contributed by atoms with E-state index >= 15 is 0 Å². The quantitative estimate of drug-likeness (QED) is 0.154. The van der Waals surface area contributed by atoms with Crippen molar-refractivity contribution in [2.75, 3.05) is 18.9 Å². The first-order chi connectivity index (χ1) is 15.5. The molecular formula is C10H18N5O15P4+. The molecule has 4 atom stereocenters. The number of fused-ring (bicyclic) bond motifs is 1. The Balaban J connectivity index is 1.78. The van der Waals surface area contributed by atoms with Crippen LogP contribution in [0.5, 0.6) is 0 Å². The molecule has 3 unspecified atom stereocenters. The molecule has 9 N–H and O–H groups in total. The molecule has 0 amide bonds.